The van der Waals surface area contributed by atoms with Gasteiger partial charge in [-0.15, -0.1) is 0 Å². The van der Waals surface area contributed by atoms with Crippen molar-refractivity contribution in [3.05, 3.63) is 56.6 Å². The van der Waals surface area contributed by atoms with Gasteiger partial charge in [0.25, 0.3) is 0 Å². The second-order valence-corrected chi connectivity index (χ2v) is 14.0. The van der Waals surface area contributed by atoms with Gasteiger partial charge in [-0.2, -0.15) is 0 Å². The van der Waals surface area contributed by atoms with E-state index in [1.165, 1.54) is 22.3 Å². The van der Waals surface area contributed by atoms with Crippen LogP contribution in [0, 0.1) is 13.8 Å². The van der Waals surface area contributed by atoms with E-state index >= 15 is 0 Å². The monoisotopic (exact) mass is 452 g/mol. The molecule has 2 aromatic carbocycles. The van der Waals surface area contributed by atoms with Gasteiger partial charge in [0, 0.05) is 17.5 Å². The first-order chi connectivity index (χ1) is 14.6. The minimum absolute atomic E-state index is 0.0566. The summed E-state index contributed by atoms with van der Waals surface area (Å²) < 4.78 is 0. The normalized spacial score (nSPS) is 13.5. The predicted octanol–water partition coefficient (Wildman–Crippen LogP) is 8.50. The number of hydrogen-bond acceptors (Lipinski definition) is 2. The van der Waals surface area contributed by atoms with Crippen molar-refractivity contribution >= 4 is 0 Å². The summed E-state index contributed by atoms with van der Waals surface area (Å²) in [6.45, 7) is 30.9. The van der Waals surface area contributed by atoms with Crippen LogP contribution in [-0.2, 0) is 28.1 Å². The standard InChI is InChI=1S/C31H48O2/c1-18-20(24(32)16-22(28(3,4)5)26(18)30(9,10)11)15-21-19(2)27(31(12,13)14)23(17-25(21)33)29(6,7)8/h16-17,32-33H,15H2,1-14H3. The third kappa shape index (κ3) is 5.42. The van der Waals surface area contributed by atoms with Crippen molar-refractivity contribution in [2.45, 2.75) is 125 Å². The lowest BCUT2D eigenvalue weighted by molar-refractivity contribution is 0.451. The van der Waals surface area contributed by atoms with Gasteiger partial charge in [0.2, 0.25) is 0 Å². The van der Waals surface area contributed by atoms with Crippen LogP contribution in [0.4, 0.5) is 0 Å². The molecule has 0 heterocycles. The van der Waals surface area contributed by atoms with Gasteiger partial charge in [0.05, 0.1) is 0 Å². The van der Waals surface area contributed by atoms with Crippen LogP contribution in [0.25, 0.3) is 0 Å². The molecule has 0 radical (unpaired) electrons. The van der Waals surface area contributed by atoms with E-state index in [9.17, 15) is 10.2 Å². The van der Waals surface area contributed by atoms with E-state index in [0.29, 0.717) is 17.9 Å². The van der Waals surface area contributed by atoms with Crippen molar-refractivity contribution in [3.8, 4) is 11.5 Å². The zero-order valence-electron chi connectivity index (χ0n) is 23.8. The lowest BCUT2D eigenvalue weighted by Crippen LogP contribution is -2.25. The first-order valence-electron chi connectivity index (χ1n) is 12.3. The van der Waals surface area contributed by atoms with Crippen LogP contribution < -0.4 is 0 Å². The first-order valence-corrected chi connectivity index (χ1v) is 12.3. The number of aromatic hydroxyl groups is 2. The van der Waals surface area contributed by atoms with Crippen LogP contribution in [-0.4, -0.2) is 10.2 Å². The molecule has 0 amide bonds. The molecule has 184 valence electrons. The number of rotatable bonds is 2. The Balaban J connectivity index is 2.87. The predicted molar refractivity (Wildman–Crippen MR) is 143 cm³/mol. The van der Waals surface area contributed by atoms with Gasteiger partial charge in [0.1, 0.15) is 11.5 Å². The minimum atomic E-state index is -0.0742. The fraction of sp³-hybridized carbons (Fsp3) is 0.613. The average Bonchev–Trinajstić information content (AvgIpc) is 2.55. The molecule has 2 rings (SSSR count). The Labute approximate surface area is 203 Å². The summed E-state index contributed by atoms with van der Waals surface area (Å²) in [6, 6.07) is 3.92. The molecule has 0 saturated carbocycles. The van der Waals surface area contributed by atoms with E-state index in [4.69, 9.17) is 0 Å². The SMILES string of the molecule is Cc1c(Cc2c(O)cc(C(C)(C)C)c(C(C)(C)C)c2C)c(O)cc(C(C)(C)C)c1C(C)(C)C. The Kier molecular flexibility index (Phi) is 6.91. The summed E-state index contributed by atoms with van der Waals surface area (Å²) in [5, 5.41) is 22.4. The third-order valence-electron chi connectivity index (χ3n) is 6.84. The Morgan fingerprint density at radius 3 is 1.00 bits per heavy atom. The molecule has 0 aliphatic carbocycles. The van der Waals surface area contributed by atoms with E-state index in [0.717, 1.165) is 22.3 Å². The smallest absolute Gasteiger partial charge is 0.119 e. The quantitative estimate of drug-likeness (QED) is 0.479. The van der Waals surface area contributed by atoms with Crippen LogP contribution in [0.3, 0.4) is 0 Å². The summed E-state index contributed by atoms with van der Waals surface area (Å²) in [6.07, 6.45) is 0.510. The van der Waals surface area contributed by atoms with E-state index in [2.05, 4.69) is 96.9 Å². The van der Waals surface area contributed by atoms with Crippen LogP contribution in [0.1, 0.15) is 128 Å². The second-order valence-electron chi connectivity index (χ2n) is 14.0. The van der Waals surface area contributed by atoms with Crippen molar-refractivity contribution in [2.75, 3.05) is 0 Å². The van der Waals surface area contributed by atoms with Crippen LogP contribution in [0.2, 0.25) is 0 Å². The molecular weight excluding hydrogens is 404 g/mol. The Hall–Kier alpha value is -1.96. The molecule has 0 aliphatic rings. The zero-order valence-corrected chi connectivity index (χ0v) is 23.8. The van der Waals surface area contributed by atoms with E-state index in [1.54, 1.807) is 0 Å². The lowest BCUT2D eigenvalue weighted by atomic mass is 9.70. The fourth-order valence-electron chi connectivity index (χ4n) is 5.42. The molecule has 0 spiro atoms. The number of benzene rings is 2. The molecule has 0 fully saturated rings. The van der Waals surface area contributed by atoms with Gasteiger partial charge in [0.15, 0.2) is 0 Å². The third-order valence-corrected chi connectivity index (χ3v) is 6.84. The fourth-order valence-corrected chi connectivity index (χ4v) is 5.42. The molecule has 0 bridgehead atoms. The summed E-state index contributed by atoms with van der Waals surface area (Å²) in [4.78, 5) is 0. The molecular formula is C31H48O2. The summed E-state index contributed by atoms with van der Waals surface area (Å²) in [7, 11) is 0. The molecule has 0 saturated heterocycles. The Morgan fingerprint density at radius 1 is 0.515 bits per heavy atom. The van der Waals surface area contributed by atoms with Gasteiger partial charge < -0.3 is 10.2 Å². The number of hydrogen-bond donors (Lipinski definition) is 2. The zero-order chi connectivity index (χ0) is 25.9. The van der Waals surface area contributed by atoms with Gasteiger partial charge in [-0.3, -0.25) is 0 Å². The van der Waals surface area contributed by atoms with Gasteiger partial charge >= 0.3 is 0 Å². The minimum Gasteiger partial charge on any atom is -0.508 e. The van der Waals surface area contributed by atoms with Gasteiger partial charge in [-0.1, -0.05) is 83.1 Å². The molecule has 2 heteroatoms. The average molecular weight is 453 g/mol. The van der Waals surface area contributed by atoms with Crippen molar-refractivity contribution in [2.24, 2.45) is 0 Å². The maximum atomic E-state index is 11.2. The molecule has 0 unspecified atom stereocenters. The summed E-state index contributed by atoms with van der Waals surface area (Å²) in [5.41, 5.74) is 8.78. The van der Waals surface area contributed by atoms with Crippen LogP contribution >= 0.6 is 0 Å². The van der Waals surface area contributed by atoms with Gasteiger partial charge in [-0.25, -0.2) is 0 Å². The Morgan fingerprint density at radius 2 is 0.788 bits per heavy atom. The molecule has 0 aromatic heterocycles. The highest BCUT2D eigenvalue weighted by Gasteiger charge is 2.32. The van der Waals surface area contributed by atoms with Crippen molar-refractivity contribution in [1.82, 2.24) is 0 Å². The molecule has 0 atom stereocenters. The van der Waals surface area contributed by atoms with Crippen molar-refractivity contribution in [3.63, 3.8) is 0 Å². The maximum absolute atomic E-state index is 11.2. The number of phenolic OH excluding ortho intramolecular Hbond substituents is 2. The molecule has 2 nitrogen and oxygen atoms in total. The van der Waals surface area contributed by atoms with Gasteiger partial charge in [-0.05, 0) is 81.0 Å². The highest BCUT2D eigenvalue weighted by molar-refractivity contribution is 5.59. The highest BCUT2D eigenvalue weighted by Crippen LogP contribution is 2.45. The second kappa shape index (κ2) is 8.36. The van der Waals surface area contributed by atoms with Crippen molar-refractivity contribution < 1.29 is 10.2 Å². The maximum Gasteiger partial charge on any atom is 0.119 e. The van der Waals surface area contributed by atoms with E-state index in [-0.39, 0.29) is 21.7 Å². The highest BCUT2D eigenvalue weighted by atomic mass is 16.3. The van der Waals surface area contributed by atoms with E-state index < -0.39 is 0 Å². The summed E-state index contributed by atoms with van der Waals surface area (Å²) in [5.74, 6) is 0.642. The largest absolute Gasteiger partial charge is 0.508 e. The van der Waals surface area contributed by atoms with E-state index in [1.807, 2.05) is 12.1 Å². The molecule has 0 aliphatic heterocycles. The number of phenols is 2. The van der Waals surface area contributed by atoms with Crippen LogP contribution in [0.15, 0.2) is 12.1 Å². The van der Waals surface area contributed by atoms with Crippen LogP contribution in [0.5, 0.6) is 11.5 Å². The first kappa shape index (κ1) is 27.3. The molecule has 33 heavy (non-hydrogen) atoms. The lowest BCUT2D eigenvalue weighted by Gasteiger charge is -2.35. The topological polar surface area (TPSA) is 40.5 Å². The Bertz CT molecular complexity index is 958. The molecule has 2 N–H and O–H groups in total. The molecule has 2 aromatic rings. The summed E-state index contributed by atoms with van der Waals surface area (Å²) >= 11 is 0. The van der Waals surface area contributed by atoms with Crippen molar-refractivity contribution in [1.29, 1.82) is 0 Å².